The molecule has 0 saturated heterocycles. The highest BCUT2D eigenvalue weighted by Gasteiger charge is 2.24. The molecule has 2 aliphatic rings. The van der Waals surface area contributed by atoms with E-state index in [4.69, 9.17) is 0 Å². The second-order valence-corrected chi connectivity index (χ2v) is 5.74. The van der Waals surface area contributed by atoms with Crippen LogP contribution in [0.5, 0.6) is 0 Å². The molecule has 2 aliphatic carbocycles. The molecular weight excluding hydrogens is 252 g/mol. The predicted octanol–water partition coefficient (Wildman–Crippen LogP) is 3.81. The molecule has 0 N–H and O–H groups in total. The van der Waals surface area contributed by atoms with E-state index in [0.29, 0.717) is 0 Å². The molecule has 0 aromatic heterocycles. The molecule has 2 saturated carbocycles. The number of nitrogens with zero attached hydrogens (tertiary/aromatic N) is 2. The van der Waals surface area contributed by atoms with Crippen LogP contribution in [-0.4, -0.2) is 25.2 Å². The van der Waals surface area contributed by atoms with Crippen LogP contribution in [0.2, 0.25) is 0 Å². The van der Waals surface area contributed by atoms with Crippen LogP contribution in [0.4, 0.5) is 0 Å². The summed E-state index contributed by atoms with van der Waals surface area (Å²) in [6, 6.07) is 0. The predicted molar refractivity (Wildman–Crippen MR) is 79.1 cm³/mol. The van der Waals surface area contributed by atoms with Crippen molar-refractivity contribution in [3.63, 3.8) is 0 Å². The number of rotatable bonds is 4. The minimum Gasteiger partial charge on any atom is -0.211 e. The van der Waals surface area contributed by atoms with E-state index < -0.39 is 0 Å². The lowest BCUT2D eigenvalue weighted by Crippen LogP contribution is -2.20. The number of isocyanates is 2. The SMILES string of the molecule is C1CCC(C2CCCCC2)CC1.O=C=NCCN=C=O. The third-order valence-electron chi connectivity index (χ3n) is 4.42. The van der Waals surface area contributed by atoms with Crippen molar-refractivity contribution in [3.8, 4) is 0 Å². The van der Waals surface area contributed by atoms with Gasteiger partial charge in [-0.3, -0.25) is 0 Å². The van der Waals surface area contributed by atoms with E-state index in [1.807, 2.05) is 0 Å². The van der Waals surface area contributed by atoms with Crippen LogP contribution in [-0.2, 0) is 9.59 Å². The molecule has 0 radical (unpaired) electrons. The quantitative estimate of drug-likeness (QED) is 0.446. The maximum atomic E-state index is 9.34. The van der Waals surface area contributed by atoms with Gasteiger partial charge in [-0.05, 0) is 11.8 Å². The second kappa shape index (κ2) is 11.6. The maximum absolute atomic E-state index is 9.34. The van der Waals surface area contributed by atoms with Gasteiger partial charge in [-0.25, -0.2) is 19.6 Å². The minimum atomic E-state index is 0.221. The van der Waals surface area contributed by atoms with Crippen LogP contribution in [0, 0.1) is 11.8 Å². The minimum absolute atomic E-state index is 0.221. The van der Waals surface area contributed by atoms with Gasteiger partial charge in [-0.15, -0.1) is 0 Å². The summed E-state index contributed by atoms with van der Waals surface area (Å²) >= 11 is 0. The Labute approximate surface area is 121 Å². The van der Waals surface area contributed by atoms with Gasteiger partial charge in [0.25, 0.3) is 0 Å². The summed E-state index contributed by atoms with van der Waals surface area (Å²) in [6.45, 7) is 0.442. The van der Waals surface area contributed by atoms with E-state index in [9.17, 15) is 9.59 Å². The Morgan fingerprint density at radius 2 is 1.00 bits per heavy atom. The summed E-state index contributed by atoms with van der Waals surface area (Å²) in [6.07, 6.45) is 18.0. The van der Waals surface area contributed by atoms with Crippen molar-refractivity contribution in [2.75, 3.05) is 13.1 Å². The van der Waals surface area contributed by atoms with Crippen molar-refractivity contribution in [1.29, 1.82) is 0 Å². The lowest BCUT2D eigenvalue weighted by Gasteiger charge is -2.32. The van der Waals surface area contributed by atoms with Crippen molar-refractivity contribution >= 4 is 12.2 Å². The van der Waals surface area contributed by atoms with E-state index in [2.05, 4.69) is 9.98 Å². The largest absolute Gasteiger partial charge is 0.235 e. The van der Waals surface area contributed by atoms with Crippen LogP contribution in [0.1, 0.15) is 64.2 Å². The zero-order chi connectivity index (χ0) is 14.5. The van der Waals surface area contributed by atoms with Crippen molar-refractivity contribution < 1.29 is 9.59 Å². The van der Waals surface area contributed by atoms with Crippen molar-refractivity contribution in [2.45, 2.75) is 64.2 Å². The van der Waals surface area contributed by atoms with Crippen molar-refractivity contribution in [1.82, 2.24) is 0 Å². The summed E-state index contributed by atoms with van der Waals surface area (Å²) in [5.41, 5.74) is 0. The van der Waals surface area contributed by atoms with Gasteiger partial charge >= 0.3 is 0 Å². The lowest BCUT2D eigenvalue weighted by atomic mass is 9.73. The van der Waals surface area contributed by atoms with Gasteiger partial charge in [0.05, 0.1) is 13.1 Å². The molecule has 0 bridgehead atoms. The Hall–Kier alpha value is -1.24. The Bertz CT molecular complexity index is 298. The molecular formula is C16H26N2O2. The molecule has 0 aliphatic heterocycles. The monoisotopic (exact) mass is 278 g/mol. The van der Waals surface area contributed by atoms with Crippen LogP contribution >= 0.6 is 0 Å². The molecule has 4 heteroatoms. The molecule has 0 spiro atoms. The van der Waals surface area contributed by atoms with E-state index in [1.54, 1.807) is 25.7 Å². The highest BCUT2D eigenvalue weighted by atomic mass is 16.1. The molecule has 0 aromatic carbocycles. The smallest absolute Gasteiger partial charge is 0.211 e. The average Bonchev–Trinajstić information content (AvgIpc) is 2.54. The summed E-state index contributed by atoms with van der Waals surface area (Å²) in [7, 11) is 0. The topological polar surface area (TPSA) is 58.9 Å². The first-order chi connectivity index (χ1) is 9.88. The van der Waals surface area contributed by atoms with E-state index in [0.717, 1.165) is 11.8 Å². The lowest BCUT2D eigenvalue weighted by molar-refractivity contribution is 0.196. The number of aliphatic imine (C=N–C) groups is 2. The molecule has 20 heavy (non-hydrogen) atoms. The van der Waals surface area contributed by atoms with E-state index >= 15 is 0 Å². The summed E-state index contributed by atoms with van der Waals surface area (Å²) in [5, 5.41) is 0. The van der Waals surface area contributed by atoms with Crippen molar-refractivity contribution in [2.24, 2.45) is 21.8 Å². The molecule has 0 unspecified atom stereocenters. The van der Waals surface area contributed by atoms with Crippen LogP contribution < -0.4 is 0 Å². The van der Waals surface area contributed by atoms with Gasteiger partial charge in [-0.2, -0.15) is 0 Å². The molecule has 2 rings (SSSR count). The summed E-state index contributed by atoms with van der Waals surface area (Å²) < 4.78 is 0. The molecule has 112 valence electrons. The van der Waals surface area contributed by atoms with Crippen LogP contribution in [0.15, 0.2) is 9.98 Å². The number of hydrogen-bond acceptors (Lipinski definition) is 4. The van der Waals surface area contributed by atoms with Gasteiger partial charge in [0.1, 0.15) is 0 Å². The number of hydrogen-bond donors (Lipinski definition) is 0. The first-order valence-corrected chi connectivity index (χ1v) is 7.95. The Morgan fingerprint density at radius 1 is 0.650 bits per heavy atom. The van der Waals surface area contributed by atoms with Gasteiger partial charge in [-0.1, -0.05) is 64.2 Å². The fourth-order valence-corrected chi connectivity index (χ4v) is 3.40. The normalized spacial score (nSPS) is 20.0. The van der Waals surface area contributed by atoms with Gasteiger partial charge in [0, 0.05) is 0 Å². The number of carbonyl (C=O) groups excluding carboxylic acids is 2. The first-order valence-electron chi connectivity index (χ1n) is 7.95. The highest BCUT2D eigenvalue weighted by molar-refractivity contribution is 5.34. The molecule has 2 fully saturated rings. The summed E-state index contributed by atoms with van der Waals surface area (Å²) in [5.74, 6) is 2.28. The molecule has 0 aromatic rings. The first kappa shape index (κ1) is 16.8. The van der Waals surface area contributed by atoms with Crippen molar-refractivity contribution in [3.05, 3.63) is 0 Å². The standard InChI is InChI=1S/C12H22.C4H4N2O2/c1-3-7-11(8-4-1)12-9-5-2-6-10-12;7-3-5-1-2-6-4-8/h11-12H,1-10H2;1-2H2. The summed E-state index contributed by atoms with van der Waals surface area (Å²) in [4.78, 5) is 24.9. The van der Waals surface area contributed by atoms with Gasteiger partial charge in [0.2, 0.25) is 12.2 Å². The zero-order valence-electron chi connectivity index (χ0n) is 12.4. The maximum Gasteiger partial charge on any atom is 0.235 e. The van der Waals surface area contributed by atoms with E-state index in [-0.39, 0.29) is 13.1 Å². The van der Waals surface area contributed by atoms with Crippen LogP contribution in [0.3, 0.4) is 0 Å². The second-order valence-electron chi connectivity index (χ2n) is 5.74. The third-order valence-corrected chi connectivity index (χ3v) is 4.42. The fourth-order valence-electron chi connectivity index (χ4n) is 3.40. The highest BCUT2D eigenvalue weighted by Crippen LogP contribution is 2.37. The molecule has 4 nitrogen and oxygen atoms in total. The Balaban J connectivity index is 0.000000221. The van der Waals surface area contributed by atoms with Gasteiger partial charge < -0.3 is 0 Å². The zero-order valence-corrected chi connectivity index (χ0v) is 12.4. The molecule has 0 atom stereocenters. The molecule has 0 amide bonds. The Morgan fingerprint density at radius 3 is 1.30 bits per heavy atom. The van der Waals surface area contributed by atoms with Crippen LogP contribution in [0.25, 0.3) is 0 Å². The Kier molecular flexibility index (Phi) is 9.73. The third kappa shape index (κ3) is 7.37. The van der Waals surface area contributed by atoms with E-state index in [1.165, 1.54) is 50.7 Å². The fraction of sp³-hybridized carbons (Fsp3) is 0.875. The molecule has 0 heterocycles. The average molecular weight is 278 g/mol. The van der Waals surface area contributed by atoms with Gasteiger partial charge in [0.15, 0.2) is 0 Å².